The van der Waals surface area contributed by atoms with Gasteiger partial charge in [0.15, 0.2) is 0 Å². The highest BCUT2D eigenvalue weighted by Crippen LogP contribution is 2.15. The molecule has 2 rings (SSSR count). The van der Waals surface area contributed by atoms with Gasteiger partial charge in [0.1, 0.15) is 6.61 Å². The van der Waals surface area contributed by atoms with Crippen LogP contribution in [0.5, 0.6) is 0 Å². The van der Waals surface area contributed by atoms with Crippen molar-refractivity contribution in [3.63, 3.8) is 0 Å². The minimum absolute atomic E-state index is 0.414. The van der Waals surface area contributed by atoms with E-state index in [1.165, 1.54) is 6.20 Å². The topological polar surface area (TPSA) is 65.2 Å². The zero-order valence-electron chi connectivity index (χ0n) is 6.86. The Morgan fingerprint density at radius 1 is 1.62 bits per heavy atom. The summed E-state index contributed by atoms with van der Waals surface area (Å²) in [5, 5.41) is 0. The second-order valence-electron chi connectivity index (χ2n) is 2.75. The summed E-state index contributed by atoms with van der Waals surface area (Å²) < 4.78 is 5.06. The fraction of sp³-hybridized carbons (Fsp3) is 0.111. The molecule has 66 valence electrons. The fourth-order valence-corrected chi connectivity index (χ4v) is 1.17. The molecule has 0 atom stereocenters. The maximum atomic E-state index is 10.8. The average Bonchev–Trinajstić information content (AvgIpc) is 2.17. The predicted molar refractivity (Wildman–Crippen MR) is 46.6 cm³/mol. The number of aromatic nitrogens is 1. The minimum atomic E-state index is -0.468. The number of rotatable bonds is 1. The van der Waals surface area contributed by atoms with Gasteiger partial charge >= 0.3 is 0 Å². The highest BCUT2D eigenvalue weighted by molar-refractivity contribution is 5.92. The second kappa shape index (κ2) is 2.90. The van der Waals surface area contributed by atoms with E-state index in [9.17, 15) is 4.79 Å². The Morgan fingerprint density at radius 2 is 2.46 bits per heavy atom. The Morgan fingerprint density at radius 3 is 3.23 bits per heavy atom. The van der Waals surface area contributed by atoms with E-state index >= 15 is 0 Å². The van der Waals surface area contributed by atoms with Gasteiger partial charge in [-0.1, -0.05) is 0 Å². The van der Waals surface area contributed by atoms with Crippen molar-refractivity contribution >= 4 is 12.0 Å². The first-order chi connectivity index (χ1) is 6.27. The molecule has 0 aliphatic carbocycles. The molecular weight excluding hydrogens is 168 g/mol. The summed E-state index contributed by atoms with van der Waals surface area (Å²) in [6, 6.07) is 1.70. The molecule has 4 nitrogen and oxygen atoms in total. The van der Waals surface area contributed by atoms with E-state index < -0.39 is 5.91 Å². The van der Waals surface area contributed by atoms with E-state index in [1.54, 1.807) is 18.4 Å². The molecule has 2 heterocycles. The number of nitrogens with two attached hydrogens (primary N) is 1. The van der Waals surface area contributed by atoms with Crippen molar-refractivity contribution in [2.45, 2.75) is 6.61 Å². The summed E-state index contributed by atoms with van der Waals surface area (Å²) in [6.45, 7) is 0.444. The third-order valence-electron chi connectivity index (χ3n) is 1.85. The summed E-state index contributed by atoms with van der Waals surface area (Å²) >= 11 is 0. The molecule has 1 aliphatic heterocycles. The number of carbonyl (C=O) groups is 1. The first-order valence-corrected chi connectivity index (χ1v) is 3.84. The molecule has 0 bridgehead atoms. The largest absolute Gasteiger partial charge is 0.496 e. The lowest BCUT2D eigenvalue weighted by Gasteiger charge is -2.10. The molecule has 2 N–H and O–H groups in total. The Balaban J connectivity index is 2.48. The molecule has 0 spiro atoms. The van der Waals surface area contributed by atoms with Gasteiger partial charge < -0.3 is 10.5 Å². The van der Waals surface area contributed by atoms with E-state index in [-0.39, 0.29) is 0 Å². The molecular formula is C9H8N2O2. The number of hydrogen-bond donors (Lipinski definition) is 1. The van der Waals surface area contributed by atoms with Crippen molar-refractivity contribution in [1.29, 1.82) is 0 Å². The van der Waals surface area contributed by atoms with Gasteiger partial charge in [0, 0.05) is 11.8 Å². The molecule has 0 unspecified atom stereocenters. The first kappa shape index (κ1) is 7.79. The summed E-state index contributed by atoms with van der Waals surface area (Å²) in [7, 11) is 0. The Bertz CT molecular complexity index is 385. The molecule has 1 aromatic heterocycles. The summed E-state index contributed by atoms with van der Waals surface area (Å²) in [4.78, 5) is 14.9. The minimum Gasteiger partial charge on any atom is -0.496 e. The van der Waals surface area contributed by atoms with Crippen LogP contribution in [0.4, 0.5) is 0 Å². The van der Waals surface area contributed by atoms with Crippen LogP contribution < -0.4 is 5.73 Å². The van der Waals surface area contributed by atoms with Gasteiger partial charge in [0.05, 0.1) is 17.5 Å². The lowest BCUT2D eigenvalue weighted by Crippen LogP contribution is -2.13. The fourth-order valence-electron chi connectivity index (χ4n) is 1.17. The van der Waals surface area contributed by atoms with E-state index in [0.717, 1.165) is 11.3 Å². The van der Waals surface area contributed by atoms with Crippen LogP contribution in [-0.4, -0.2) is 10.9 Å². The van der Waals surface area contributed by atoms with Gasteiger partial charge in [-0.25, -0.2) is 0 Å². The monoisotopic (exact) mass is 176 g/mol. The summed E-state index contributed by atoms with van der Waals surface area (Å²) in [6.07, 6.45) is 4.81. The maximum absolute atomic E-state index is 10.8. The van der Waals surface area contributed by atoms with Crippen LogP contribution in [-0.2, 0) is 11.3 Å². The van der Waals surface area contributed by atoms with Crippen molar-refractivity contribution in [3.05, 3.63) is 35.3 Å². The van der Waals surface area contributed by atoms with Crippen LogP contribution in [0.25, 0.3) is 6.08 Å². The van der Waals surface area contributed by atoms with Crippen molar-refractivity contribution < 1.29 is 9.53 Å². The molecule has 1 aliphatic rings. The van der Waals surface area contributed by atoms with Crippen molar-refractivity contribution in [1.82, 2.24) is 4.98 Å². The number of carbonyl (C=O) groups excluding carboxylic acids is 1. The number of fused-ring (bicyclic) bond motifs is 1. The molecule has 1 aromatic rings. The van der Waals surface area contributed by atoms with Crippen LogP contribution in [0, 0.1) is 0 Å². The second-order valence-corrected chi connectivity index (χ2v) is 2.75. The smallest absolute Gasteiger partial charge is 0.250 e. The molecule has 4 heteroatoms. The third-order valence-corrected chi connectivity index (χ3v) is 1.85. The van der Waals surface area contributed by atoms with Crippen LogP contribution in [0.3, 0.4) is 0 Å². The average molecular weight is 176 g/mol. The highest BCUT2D eigenvalue weighted by Gasteiger charge is 2.09. The molecule has 13 heavy (non-hydrogen) atoms. The van der Waals surface area contributed by atoms with Crippen molar-refractivity contribution in [3.8, 4) is 0 Å². The number of hydrogen-bond acceptors (Lipinski definition) is 3. The Hall–Kier alpha value is -1.84. The zero-order chi connectivity index (χ0) is 9.26. The standard InChI is InChI=1S/C9H8N2O2/c10-9(12)6-3-7-5-13-2-1-8(7)11-4-6/h1-4H,5H2,(H2,10,12). The third kappa shape index (κ3) is 1.38. The molecule has 0 radical (unpaired) electrons. The zero-order valence-corrected chi connectivity index (χ0v) is 6.86. The van der Waals surface area contributed by atoms with Gasteiger partial charge in [-0.15, -0.1) is 0 Å². The van der Waals surface area contributed by atoms with Gasteiger partial charge in [-0.2, -0.15) is 0 Å². The van der Waals surface area contributed by atoms with Gasteiger partial charge in [-0.05, 0) is 12.1 Å². The SMILES string of the molecule is NC(=O)c1cnc2c(c1)COC=C2. The lowest BCUT2D eigenvalue weighted by molar-refractivity contribution is 0.0999. The van der Waals surface area contributed by atoms with Gasteiger partial charge in [0.2, 0.25) is 5.91 Å². The van der Waals surface area contributed by atoms with Crippen molar-refractivity contribution in [2.75, 3.05) is 0 Å². The number of ether oxygens (including phenoxy) is 1. The molecule has 1 amide bonds. The van der Waals surface area contributed by atoms with Gasteiger partial charge in [0.25, 0.3) is 0 Å². The van der Waals surface area contributed by atoms with E-state index in [0.29, 0.717) is 12.2 Å². The van der Waals surface area contributed by atoms with Crippen LogP contribution in [0.2, 0.25) is 0 Å². The number of primary amides is 1. The van der Waals surface area contributed by atoms with E-state index in [1.807, 2.05) is 0 Å². The van der Waals surface area contributed by atoms with E-state index in [4.69, 9.17) is 10.5 Å². The van der Waals surface area contributed by atoms with Crippen LogP contribution >= 0.6 is 0 Å². The lowest BCUT2D eigenvalue weighted by atomic mass is 10.1. The summed E-state index contributed by atoms with van der Waals surface area (Å²) in [5.74, 6) is -0.468. The van der Waals surface area contributed by atoms with E-state index in [2.05, 4.69) is 4.98 Å². The maximum Gasteiger partial charge on any atom is 0.250 e. The normalized spacial score (nSPS) is 13.2. The quantitative estimate of drug-likeness (QED) is 0.684. The Labute approximate surface area is 75.0 Å². The molecule has 0 saturated heterocycles. The summed E-state index contributed by atoms with van der Waals surface area (Å²) in [5.41, 5.74) is 7.24. The van der Waals surface area contributed by atoms with Crippen LogP contribution in [0.15, 0.2) is 18.5 Å². The highest BCUT2D eigenvalue weighted by atomic mass is 16.5. The van der Waals surface area contributed by atoms with Gasteiger partial charge in [-0.3, -0.25) is 9.78 Å². The molecule has 0 fully saturated rings. The molecule has 0 saturated carbocycles. The number of nitrogens with zero attached hydrogens (tertiary/aromatic N) is 1. The van der Waals surface area contributed by atoms with Crippen LogP contribution in [0.1, 0.15) is 21.6 Å². The number of amides is 1. The Kier molecular flexibility index (Phi) is 1.73. The number of pyridine rings is 1. The van der Waals surface area contributed by atoms with Crippen molar-refractivity contribution in [2.24, 2.45) is 5.73 Å². The first-order valence-electron chi connectivity index (χ1n) is 3.84. The molecule has 0 aromatic carbocycles. The predicted octanol–water partition coefficient (Wildman–Crippen LogP) is 0.681.